The van der Waals surface area contributed by atoms with Crippen molar-refractivity contribution in [3.8, 4) is 0 Å². The van der Waals surface area contributed by atoms with Gasteiger partial charge < -0.3 is 9.64 Å². The summed E-state index contributed by atoms with van der Waals surface area (Å²) in [4.78, 5) is 25.3. The summed E-state index contributed by atoms with van der Waals surface area (Å²) in [6, 6.07) is 5.61. The van der Waals surface area contributed by atoms with Crippen LogP contribution in [0.5, 0.6) is 0 Å². The standard InChI is InChI=1S/C18H24N4O3/c1-14(19-20-16(23)13-21-8-6-5-7-9-21)10-15-11-22(12-15)17(24)25-18(2,3)4/h5-10H,11-13H2,1-4H3/p+1/b19-14+. The van der Waals surface area contributed by atoms with Crippen molar-refractivity contribution in [2.24, 2.45) is 5.10 Å². The van der Waals surface area contributed by atoms with E-state index in [1.165, 1.54) is 0 Å². The molecule has 0 atom stereocenters. The summed E-state index contributed by atoms with van der Waals surface area (Å²) >= 11 is 0. The Balaban J connectivity index is 1.77. The predicted molar refractivity (Wildman–Crippen MR) is 93.8 cm³/mol. The number of allylic oxidation sites excluding steroid dienone is 1. The molecular weight excluding hydrogens is 320 g/mol. The van der Waals surface area contributed by atoms with Crippen LogP contribution in [0.15, 0.2) is 47.3 Å². The second-order valence-corrected chi connectivity index (χ2v) is 6.97. The largest absolute Gasteiger partial charge is 0.444 e. The highest BCUT2D eigenvalue weighted by Crippen LogP contribution is 2.18. The van der Waals surface area contributed by atoms with E-state index >= 15 is 0 Å². The van der Waals surface area contributed by atoms with Crippen LogP contribution in [0.3, 0.4) is 0 Å². The van der Waals surface area contributed by atoms with E-state index in [9.17, 15) is 9.59 Å². The Bertz CT molecular complexity index is 682. The monoisotopic (exact) mass is 345 g/mol. The van der Waals surface area contributed by atoms with E-state index < -0.39 is 5.60 Å². The third-order valence-electron chi connectivity index (χ3n) is 3.31. The Morgan fingerprint density at radius 1 is 1.28 bits per heavy atom. The van der Waals surface area contributed by atoms with Crippen LogP contribution in [-0.4, -0.2) is 41.3 Å². The van der Waals surface area contributed by atoms with Crippen LogP contribution >= 0.6 is 0 Å². The van der Waals surface area contributed by atoms with Gasteiger partial charge in [0, 0.05) is 25.2 Å². The van der Waals surface area contributed by atoms with E-state index in [2.05, 4.69) is 10.5 Å². The minimum absolute atomic E-state index is 0.196. The molecule has 25 heavy (non-hydrogen) atoms. The van der Waals surface area contributed by atoms with Crippen molar-refractivity contribution in [2.75, 3.05) is 13.1 Å². The van der Waals surface area contributed by atoms with E-state index in [0.29, 0.717) is 18.8 Å². The van der Waals surface area contributed by atoms with Crippen LogP contribution in [0.2, 0.25) is 0 Å². The fourth-order valence-corrected chi connectivity index (χ4v) is 2.21. The number of nitrogens with zero attached hydrogens (tertiary/aromatic N) is 3. The van der Waals surface area contributed by atoms with Crippen LogP contribution in [0.25, 0.3) is 0 Å². The van der Waals surface area contributed by atoms with Crippen molar-refractivity contribution in [1.29, 1.82) is 0 Å². The lowest BCUT2D eigenvalue weighted by Crippen LogP contribution is -2.47. The maximum absolute atomic E-state index is 11.8. The molecule has 0 saturated carbocycles. The van der Waals surface area contributed by atoms with Gasteiger partial charge in [0.05, 0.1) is 5.71 Å². The zero-order chi connectivity index (χ0) is 18.4. The van der Waals surface area contributed by atoms with Crippen molar-refractivity contribution in [2.45, 2.75) is 39.8 Å². The summed E-state index contributed by atoms with van der Waals surface area (Å²) in [5.41, 5.74) is 3.79. The average molecular weight is 345 g/mol. The van der Waals surface area contributed by atoms with Crippen molar-refractivity contribution in [1.82, 2.24) is 10.3 Å². The first kappa shape index (κ1) is 18.6. The minimum Gasteiger partial charge on any atom is -0.444 e. The van der Waals surface area contributed by atoms with Gasteiger partial charge in [-0.1, -0.05) is 6.07 Å². The summed E-state index contributed by atoms with van der Waals surface area (Å²) in [5, 5.41) is 4.06. The number of pyridine rings is 1. The average Bonchev–Trinajstić information content (AvgIpc) is 2.47. The lowest BCUT2D eigenvalue weighted by molar-refractivity contribution is -0.684. The Morgan fingerprint density at radius 2 is 1.92 bits per heavy atom. The molecule has 1 aromatic heterocycles. The normalized spacial score (nSPS) is 14.6. The summed E-state index contributed by atoms with van der Waals surface area (Å²) in [7, 11) is 0. The molecule has 1 aliphatic rings. The molecule has 0 radical (unpaired) electrons. The van der Waals surface area contributed by atoms with Gasteiger partial charge in [-0.05, 0) is 39.3 Å². The molecule has 2 heterocycles. The Kier molecular flexibility index (Phi) is 5.90. The number of aromatic nitrogens is 1. The summed E-state index contributed by atoms with van der Waals surface area (Å²) in [6.45, 7) is 8.59. The molecule has 7 heteroatoms. The first-order chi connectivity index (χ1) is 11.7. The molecule has 0 bridgehead atoms. The molecule has 1 aliphatic heterocycles. The highest BCUT2D eigenvalue weighted by molar-refractivity contribution is 5.94. The lowest BCUT2D eigenvalue weighted by Gasteiger charge is -2.35. The van der Waals surface area contributed by atoms with Crippen LogP contribution in [0.4, 0.5) is 4.79 Å². The zero-order valence-electron chi connectivity index (χ0n) is 15.2. The number of hydrazone groups is 1. The van der Waals surface area contributed by atoms with Gasteiger partial charge in [-0.2, -0.15) is 9.67 Å². The number of carbonyl (C=O) groups is 2. The fraction of sp³-hybridized carbons (Fsp3) is 0.444. The molecule has 1 N–H and O–H groups in total. The molecule has 0 aliphatic carbocycles. The van der Waals surface area contributed by atoms with Gasteiger partial charge in [0.1, 0.15) is 5.60 Å². The first-order valence-electron chi connectivity index (χ1n) is 8.17. The Labute approximate surface area is 148 Å². The van der Waals surface area contributed by atoms with Crippen molar-refractivity contribution < 1.29 is 18.9 Å². The molecule has 1 aromatic rings. The number of likely N-dealkylation sites (tertiary alicyclic amines) is 1. The lowest BCUT2D eigenvalue weighted by atomic mass is 10.1. The Morgan fingerprint density at radius 3 is 2.52 bits per heavy atom. The second kappa shape index (κ2) is 7.92. The summed E-state index contributed by atoms with van der Waals surface area (Å²) in [6.07, 6.45) is 5.19. The molecule has 2 amide bonds. The van der Waals surface area contributed by atoms with Crippen molar-refractivity contribution >= 4 is 17.7 Å². The molecule has 0 spiro atoms. The van der Waals surface area contributed by atoms with E-state index in [4.69, 9.17) is 4.74 Å². The highest BCUT2D eigenvalue weighted by atomic mass is 16.6. The molecule has 2 rings (SSSR count). The third kappa shape index (κ3) is 6.37. The number of hydrogen-bond donors (Lipinski definition) is 1. The minimum atomic E-state index is -0.491. The summed E-state index contributed by atoms with van der Waals surface area (Å²) < 4.78 is 7.07. The number of hydrogen-bond acceptors (Lipinski definition) is 4. The van der Waals surface area contributed by atoms with E-state index in [0.717, 1.165) is 5.57 Å². The quantitative estimate of drug-likeness (QED) is 0.512. The zero-order valence-corrected chi connectivity index (χ0v) is 15.2. The third-order valence-corrected chi connectivity index (χ3v) is 3.31. The predicted octanol–water partition coefficient (Wildman–Crippen LogP) is 1.64. The molecule has 134 valence electrons. The van der Waals surface area contributed by atoms with Gasteiger partial charge in [0.25, 0.3) is 0 Å². The number of carbonyl (C=O) groups excluding carboxylic acids is 2. The van der Waals surface area contributed by atoms with Gasteiger partial charge in [0.2, 0.25) is 6.54 Å². The van der Waals surface area contributed by atoms with E-state index in [1.54, 1.807) is 16.4 Å². The van der Waals surface area contributed by atoms with E-state index in [-0.39, 0.29) is 18.5 Å². The molecule has 1 fully saturated rings. The topological polar surface area (TPSA) is 74.9 Å². The smallest absolute Gasteiger partial charge is 0.410 e. The van der Waals surface area contributed by atoms with Crippen LogP contribution in [-0.2, 0) is 16.1 Å². The molecular formula is C18H25N4O3+. The van der Waals surface area contributed by atoms with Crippen LogP contribution < -0.4 is 9.99 Å². The van der Waals surface area contributed by atoms with E-state index in [1.807, 2.05) is 57.4 Å². The molecule has 0 unspecified atom stereocenters. The first-order valence-corrected chi connectivity index (χ1v) is 8.17. The number of rotatable bonds is 4. The fourth-order valence-electron chi connectivity index (χ4n) is 2.21. The number of ether oxygens (including phenoxy) is 1. The van der Waals surface area contributed by atoms with Crippen molar-refractivity contribution in [3.05, 3.63) is 42.2 Å². The second-order valence-electron chi connectivity index (χ2n) is 6.97. The number of amides is 2. The Hall–Kier alpha value is -2.70. The molecule has 7 nitrogen and oxygen atoms in total. The van der Waals surface area contributed by atoms with Gasteiger partial charge in [-0.3, -0.25) is 4.79 Å². The van der Waals surface area contributed by atoms with Gasteiger partial charge in [-0.25, -0.2) is 10.2 Å². The summed E-state index contributed by atoms with van der Waals surface area (Å²) in [5.74, 6) is -0.196. The maximum atomic E-state index is 11.8. The molecule has 0 aromatic carbocycles. The maximum Gasteiger partial charge on any atom is 0.410 e. The number of nitrogens with one attached hydrogen (secondary N) is 1. The van der Waals surface area contributed by atoms with Gasteiger partial charge in [-0.15, -0.1) is 0 Å². The van der Waals surface area contributed by atoms with Crippen LogP contribution in [0.1, 0.15) is 27.7 Å². The van der Waals surface area contributed by atoms with Crippen LogP contribution in [0, 0.1) is 0 Å². The highest BCUT2D eigenvalue weighted by Gasteiger charge is 2.29. The SMILES string of the molecule is C/C(C=C1CN(C(=O)OC(C)(C)C)C1)=N\NC(=O)C[n+]1ccccc1. The van der Waals surface area contributed by atoms with Gasteiger partial charge in [0.15, 0.2) is 12.4 Å². The van der Waals surface area contributed by atoms with Gasteiger partial charge >= 0.3 is 12.0 Å². The van der Waals surface area contributed by atoms with Crippen molar-refractivity contribution in [3.63, 3.8) is 0 Å². The molecule has 1 saturated heterocycles.